The summed E-state index contributed by atoms with van der Waals surface area (Å²) in [6.07, 6.45) is 0.827. The maximum Gasteiger partial charge on any atom is 0.337 e. The molecule has 0 amide bonds. The lowest BCUT2D eigenvalue weighted by Gasteiger charge is -2.16. The van der Waals surface area contributed by atoms with Gasteiger partial charge < -0.3 is 10.4 Å². The summed E-state index contributed by atoms with van der Waals surface area (Å²) in [6, 6.07) is 3.91. The van der Waals surface area contributed by atoms with Crippen molar-refractivity contribution in [3.8, 4) is 0 Å². The summed E-state index contributed by atoms with van der Waals surface area (Å²) in [5, 5.41) is 12.3. The van der Waals surface area contributed by atoms with E-state index in [2.05, 4.69) is 10.0 Å². The fraction of sp³-hybridized carbons (Fsp3) is 0.500. The number of hydrogen-bond donors (Lipinski definition) is 3. The molecule has 0 aliphatic heterocycles. The van der Waals surface area contributed by atoms with Crippen molar-refractivity contribution in [2.75, 3.05) is 5.32 Å². The maximum absolute atomic E-state index is 12.1. The number of carbonyl (C=O) groups is 1. The van der Waals surface area contributed by atoms with Crippen LogP contribution in [0.25, 0.3) is 0 Å². The highest BCUT2D eigenvalue weighted by atomic mass is 32.2. The second kappa shape index (κ2) is 6.91. The summed E-state index contributed by atoms with van der Waals surface area (Å²) >= 11 is 0. The quantitative estimate of drug-likeness (QED) is 0.717. The van der Waals surface area contributed by atoms with E-state index in [0.717, 1.165) is 6.42 Å². The predicted molar refractivity (Wildman–Crippen MR) is 82.2 cm³/mol. The summed E-state index contributed by atoms with van der Waals surface area (Å²) in [4.78, 5) is 11.3. The smallest absolute Gasteiger partial charge is 0.337 e. The van der Waals surface area contributed by atoms with Crippen LogP contribution >= 0.6 is 0 Å². The van der Waals surface area contributed by atoms with Gasteiger partial charge in [0.25, 0.3) is 0 Å². The van der Waals surface area contributed by atoms with E-state index >= 15 is 0 Å². The van der Waals surface area contributed by atoms with Crippen molar-refractivity contribution >= 4 is 21.7 Å². The molecule has 1 aromatic rings. The maximum atomic E-state index is 12.1. The highest BCUT2D eigenvalue weighted by Gasteiger charge is 2.20. The molecule has 1 unspecified atom stereocenters. The predicted octanol–water partition coefficient (Wildman–Crippen LogP) is 2.28. The number of anilines is 1. The third-order valence-corrected chi connectivity index (χ3v) is 4.59. The van der Waals surface area contributed by atoms with Gasteiger partial charge in [0.15, 0.2) is 0 Å². The van der Waals surface area contributed by atoms with Gasteiger partial charge in [-0.2, -0.15) is 0 Å². The first-order valence-corrected chi connectivity index (χ1v) is 8.32. The number of hydrogen-bond acceptors (Lipinski definition) is 4. The van der Waals surface area contributed by atoms with Gasteiger partial charge in [0, 0.05) is 17.8 Å². The second-order valence-corrected chi connectivity index (χ2v) is 6.96. The van der Waals surface area contributed by atoms with Crippen molar-refractivity contribution in [3.05, 3.63) is 23.8 Å². The third-order valence-electron chi connectivity index (χ3n) is 2.94. The molecule has 0 aliphatic carbocycles. The van der Waals surface area contributed by atoms with E-state index in [4.69, 9.17) is 0 Å². The standard InChI is InChI=1S/C14H22N2O4S/c1-5-10(4)15-13-7-6-11(8-12(13)14(17)18)21(19,20)16-9(2)3/h6-10,15-16H,5H2,1-4H3,(H,17,18). The Bertz CT molecular complexity index is 611. The minimum atomic E-state index is -3.71. The van der Waals surface area contributed by atoms with Gasteiger partial charge in [0.1, 0.15) is 0 Å². The van der Waals surface area contributed by atoms with Gasteiger partial charge in [0.2, 0.25) is 10.0 Å². The van der Waals surface area contributed by atoms with Crippen LogP contribution in [0, 0.1) is 0 Å². The summed E-state index contributed by atoms with van der Waals surface area (Å²) < 4.78 is 26.6. The zero-order valence-electron chi connectivity index (χ0n) is 12.7. The van der Waals surface area contributed by atoms with Crippen LogP contribution in [0.4, 0.5) is 5.69 Å². The fourth-order valence-electron chi connectivity index (χ4n) is 1.74. The molecule has 1 rings (SSSR count). The van der Waals surface area contributed by atoms with Gasteiger partial charge in [-0.3, -0.25) is 0 Å². The lowest BCUT2D eigenvalue weighted by molar-refractivity contribution is 0.0697. The van der Waals surface area contributed by atoms with Gasteiger partial charge in [-0.15, -0.1) is 0 Å². The van der Waals surface area contributed by atoms with Crippen LogP contribution in [0.5, 0.6) is 0 Å². The summed E-state index contributed by atoms with van der Waals surface area (Å²) in [5.41, 5.74) is 0.363. The van der Waals surface area contributed by atoms with Crippen molar-refractivity contribution in [1.82, 2.24) is 4.72 Å². The number of carboxylic acid groups (broad SMARTS) is 1. The molecule has 0 fully saturated rings. The molecule has 0 radical (unpaired) electrons. The second-order valence-electron chi connectivity index (χ2n) is 5.24. The molecular formula is C14H22N2O4S. The minimum absolute atomic E-state index is 0.0525. The molecule has 1 atom stereocenters. The molecule has 118 valence electrons. The number of benzene rings is 1. The highest BCUT2D eigenvalue weighted by Crippen LogP contribution is 2.22. The van der Waals surface area contributed by atoms with Crippen LogP contribution in [0.15, 0.2) is 23.1 Å². The Morgan fingerprint density at radius 3 is 2.38 bits per heavy atom. The molecule has 3 N–H and O–H groups in total. The highest BCUT2D eigenvalue weighted by molar-refractivity contribution is 7.89. The molecule has 0 aromatic heterocycles. The Balaban J connectivity index is 3.23. The van der Waals surface area contributed by atoms with E-state index in [1.54, 1.807) is 13.8 Å². The van der Waals surface area contributed by atoms with Crippen molar-refractivity contribution in [3.63, 3.8) is 0 Å². The van der Waals surface area contributed by atoms with E-state index in [1.165, 1.54) is 18.2 Å². The number of carboxylic acids is 1. The lowest BCUT2D eigenvalue weighted by Crippen LogP contribution is -2.30. The van der Waals surface area contributed by atoms with E-state index in [1.807, 2.05) is 13.8 Å². The number of nitrogens with one attached hydrogen (secondary N) is 2. The molecule has 0 saturated heterocycles. The van der Waals surface area contributed by atoms with Crippen molar-refractivity contribution in [2.24, 2.45) is 0 Å². The van der Waals surface area contributed by atoms with Crippen molar-refractivity contribution in [1.29, 1.82) is 0 Å². The molecular weight excluding hydrogens is 292 g/mol. The van der Waals surface area contributed by atoms with Crippen molar-refractivity contribution in [2.45, 2.75) is 51.1 Å². The lowest BCUT2D eigenvalue weighted by atomic mass is 10.1. The monoisotopic (exact) mass is 314 g/mol. The number of aromatic carboxylic acids is 1. The largest absolute Gasteiger partial charge is 0.478 e. The fourth-order valence-corrected chi connectivity index (χ4v) is 3.02. The molecule has 7 heteroatoms. The Morgan fingerprint density at radius 2 is 1.90 bits per heavy atom. The molecule has 1 aromatic carbocycles. The average molecular weight is 314 g/mol. The van der Waals surface area contributed by atoms with Gasteiger partial charge in [-0.05, 0) is 45.4 Å². The molecule has 21 heavy (non-hydrogen) atoms. The van der Waals surface area contributed by atoms with Gasteiger partial charge in [-0.25, -0.2) is 17.9 Å². The number of sulfonamides is 1. The molecule has 0 heterocycles. The molecule has 6 nitrogen and oxygen atoms in total. The minimum Gasteiger partial charge on any atom is -0.478 e. The third kappa shape index (κ3) is 4.71. The van der Waals surface area contributed by atoms with Crippen LogP contribution in [0.2, 0.25) is 0 Å². The Hall–Kier alpha value is -1.60. The first kappa shape index (κ1) is 17.5. The van der Waals surface area contributed by atoms with Gasteiger partial charge in [0.05, 0.1) is 10.5 Å². The summed E-state index contributed by atoms with van der Waals surface area (Å²) in [7, 11) is -3.71. The average Bonchev–Trinajstić information content (AvgIpc) is 2.36. The van der Waals surface area contributed by atoms with Crippen LogP contribution in [-0.2, 0) is 10.0 Å². The topological polar surface area (TPSA) is 95.5 Å². The normalized spacial score (nSPS) is 13.2. The SMILES string of the molecule is CCC(C)Nc1ccc(S(=O)(=O)NC(C)C)cc1C(=O)O. The van der Waals surface area contributed by atoms with Gasteiger partial charge in [-0.1, -0.05) is 6.92 Å². The van der Waals surface area contributed by atoms with E-state index in [9.17, 15) is 18.3 Å². The van der Waals surface area contributed by atoms with Crippen LogP contribution in [0.1, 0.15) is 44.5 Å². The van der Waals surface area contributed by atoms with Gasteiger partial charge >= 0.3 is 5.97 Å². The first-order valence-electron chi connectivity index (χ1n) is 6.83. The summed E-state index contributed by atoms with van der Waals surface area (Å²) in [5.74, 6) is -1.16. The van der Waals surface area contributed by atoms with E-state index < -0.39 is 16.0 Å². The Morgan fingerprint density at radius 1 is 1.29 bits per heavy atom. The number of rotatable bonds is 7. The zero-order chi connectivity index (χ0) is 16.2. The van der Waals surface area contributed by atoms with Crippen LogP contribution < -0.4 is 10.0 Å². The van der Waals surface area contributed by atoms with Crippen LogP contribution in [0.3, 0.4) is 0 Å². The van der Waals surface area contributed by atoms with Crippen molar-refractivity contribution < 1.29 is 18.3 Å². The van der Waals surface area contributed by atoms with E-state index in [-0.39, 0.29) is 22.5 Å². The molecule has 0 saturated carbocycles. The Kier molecular flexibility index (Phi) is 5.74. The molecule has 0 bridgehead atoms. The molecule has 0 spiro atoms. The first-order chi connectivity index (χ1) is 9.67. The van der Waals surface area contributed by atoms with Crippen LogP contribution in [-0.4, -0.2) is 31.6 Å². The zero-order valence-corrected chi connectivity index (χ0v) is 13.5. The summed E-state index contributed by atoms with van der Waals surface area (Å²) in [6.45, 7) is 7.31. The Labute approximate surface area is 125 Å². The van der Waals surface area contributed by atoms with E-state index in [0.29, 0.717) is 5.69 Å². The molecule has 0 aliphatic rings.